The lowest BCUT2D eigenvalue weighted by atomic mass is 10.1. The topological polar surface area (TPSA) is 80.6 Å². The van der Waals surface area contributed by atoms with E-state index in [0.717, 1.165) is 0 Å². The Labute approximate surface area is 145 Å². The van der Waals surface area contributed by atoms with Gasteiger partial charge >= 0.3 is 0 Å². The lowest BCUT2D eigenvalue weighted by molar-refractivity contribution is -0.112. The number of carbonyl (C=O) groups excluding carboxylic acids is 1. The molecule has 6 nitrogen and oxygen atoms in total. The van der Waals surface area contributed by atoms with Crippen molar-refractivity contribution in [3.63, 3.8) is 0 Å². The predicted molar refractivity (Wildman–Crippen MR) is 92.6 cm³/mol. The van der Waals surface area contributed by atoms with Gasteiger partial charge in [0.1, 0.15) is 30.6 Å². The van der Waals surface area contributed by atoms with Crippen LogP contribution in [-0.4, -0.2) is 26.2 Å². The molecule has 0 spiro atoms. The van der Waals surface area contributed by atoms with Crippen molar-refractivity contribution in [3.05, 3.63) is 53.6 Å². The summed E-state index contributed by atoms with van der Waals surface area (Å²) < 4.78 is 16.1. The van der Waals surface area contributed by atoms with Crippen molar-refractivity contribution in [2.45, 2.75) is 0 Å². The average Bonchev–Trinajstić information content (AvgIpc) is 2.66. The highest BCUT2D eigenvalue weighted by Crippen LogP contribution is 2.32. The molecule has 1 aliphatic heterocycles. The Morgan fingerprint density at radius 2 is 2.00 bits per heavy atom. The van der Waals surface area contributed by atoms with E-state index >= 15 is 0 Å². The van der Waals surface area contributed by atoms with Gasteiger partial charge in [0.25, 0.3) is 5.91 Å². The second kappa shape index (κ2) is 7.41. The quantitative estimate of drug-likeness (QED) is 0.686. The van der Waals surface area contributed by atoms with Crippen LogP contribution >= 0.6 is 0 Å². The molecule has 0 saturated carbocycles. The number of ether oxygens (including phenoxy) is 3. The SMILES string of the molecule is COc1cccc(/C=C(\C#N)C(=O)Nc2ccc3c(c2)OCCO3)c1. The molecular weight excluding hydrogens is 320 g/mol. The van der Waals surface area contributed by atoms with Crippen molar-refractivity contribution in [2.24, 2.45) is 0 Å². The van der Waals surface area contributed by atoms with Crippen LogP contribution in [0.15, 0.2) is 48.0 Å². The highest BCUT2D eigenvalue weighted by molar-refractivity contribution is 6.09. The third kappa shape index (κ3) is 3.90. The van der Waals surface area contributed by atoms with Crippen molar-refractivity contribution >= 4 is 17.7 Å². The van der Waals surface area contributed by atoms with Gasteiger partial charge in [-0.1, -0.05) is 12.1 Å². The summed E-state index contributed by atoms with van der Waals surface area (Å²) in [5.74, 6) is 1.36. The monoisotopic (exact) mass is 336 g/mol. The van der Waals surface area contributed by atoms with Gasteiger partial charge in [-0.05, 0) is 35.9 Å². The van der Waals surface area contributed by atoms with E-state index in [2.05, 4.69) is 5.32 Å². The van der Waals surface area contributed by atoms with Crippen molar-refractivity contribution in [2.75, 3.05) is 25.6 Å². The van der Waals surface area contributed by atoms with Crippen molar-refractivity contribution in [1.82, 2.24) is 0 Å². The summed E-state index contributed by atoms with van der Waals surface area (Å²) in [5.41, 5.74) is 1.22. The van der Waals surface area contributed by atoms with Gasteiger partial charge in [0.15, 0.2) is 11.5 Å². The number of benzene rings is 2. The molecule has 1 aliphatic rings. The van der Waals surface area contributed by atoms with Crippen LogP contribution in [0.1, 0.15) is 5.56 Å². The summed E-state index contributed by atoms with van der Waals surface area (Å²) in [7, 11) is 1.56. The number of rotatable bonds is 4. The molecule has 0 aromatic heterocycles. The Morgan fingerprint density at radius 3 is 2.76 bits per heavy atom. The number of hydrogen-bond donors (Lipinski definition) is 1. The summed E-state index contributed by atoms with van der Waals surface area (Å²) in [6.07, 6.45) is 1.51. The number of nitrogens with one attached hydrogen (secondary N) is 1. The number of methoxy groups -OCH3 is 1. The Bertz CT molecular complexity index is 868. The van der Waals surface area contributed by atoms with Crippen LogP contribution in [0.2, 0.25) is 0 Å². The molecule has 0 aliphatic carbocycles. The normalized spacial score (nSPS) is 12.9. The zero-order chi connectivity index (χ0) is 17.6. The number of carbonyl (C=O) groups is 1. The van der Waals surface area contributed by atoms with Gasteiger partial charge in [0.2, 0.25) is 0 Å². The van der Waals surface area contributed by atoms with Crippen LogP contribution in [0, 0.1) is 11.3 Å². The van der Waals surface area contributed by atoms with Gasteiger partial charge in [-0.2, -0.15) is 5.26 Å². The Kier molecular flexibility index (Phi) is 4.86. The van der Waals surface area contributed by atoms with E-state index in [0.29, 0.717) is 41.7 Å². The van der Waals surface area contributed by atoms with Crippen LogP contribution < -0.4 is 19.5 Å². The van der Waals surface area contributed by atoms with Crippen LogP contribution in [0.5, 0.6) is 17.2 Å². The highest BCUT2D eigenvalue weighted by atomic mass is 16.6. The van der Waals surface area contributed by atoms with E-state index in [4.69, 9.17) is 14.2 Å². The lowest BCUT2D eigenvalue weighted by Gasteiger charge is -2.18. The van der Waals surface area contributed by atoms with Crippen LogP contribution in [0.4, 0.5) is 5.69 Å². The maximum Gasteiger partial charge on any atom is 0.266 e. The fraction of sp³-hybridized carbons (Fsp3) is 0.158. The summed E-state index contributed by atoms with van der Waals surface area (Å²) in [6, 6.07) is 14.1. The molecule has 3 rings (SSSR count). The van der Waals surface area contributed by atoms with Crippen molar-refractivity contribution in [1.29, 1.82) is 5.26 Å². The number of nitriles is 1. The molecule has 126 valence electrons. The van der Waals surface area contributed by atoms with Gasteiger partial charge in [0, 0.05) is 11.8 Å². The predicted octanol–water partition coefficient (Wildman–Crippen LogP) is 3.01. The maximum atomic E-state index is 12.4. The van der Waals surface area contributed by atoms with Crippen LogP contribution in [-0.2, 0) is 4.79 Å². The molecule has 0 saturated heterocycles. The second-order valence-corrected chi connectivity index (χ2v) is 5.26. The highest BCUT2D eigenvalue weighted by Gasteiger charge is 2.14. The first-order valence-electron chi connectivity index (χ1n) is 7.66. The van der Waals surface area contributed by atoms with E-state index in [1.54, 1.807) is 49.6 Å². The zero-order valence-corrected chi connectivity index (χ0v) is 13.6. The number of fused-ring (bicyclic) bond motifs is 1. The minimum absolute atomic E-state index is 0.0110. The summed E-state index contributed by atoms with van der Waals surface area (Å²) in [4.78, 5) is 12.4. The number of nitrogens with zero attached hydrogens (tertiary/aromatic N) is 1. The fourth-order valence-electron chi connectivity index (χ4n) is 2.37. The molecule has 1 heterocycles. The first-order valence-corrected chi connectivity index (χ1v) is 7.66. The zero-order valence-electron chi connectivity index (χ0n) is 13.6. The van der Waals surface area contributed by atoms with Gasteiger partial charge in [-0.15, -0.1) is 0 Å². The third-order valence-electron chi connectivity index (χ3n) is 3.57. The lowest BCUT2D eigenvalue weighted by Crippen LogP contribution is -2.17. The van der Waals surface area contributed by atoms with E-state index < -0.39 is 5.91 Å². The molecule has 1 amide bonds. The van der Waals surface area contributed by atoms with Gasteiger partial charge < -0.3 is 19.5 Å². The van der Waals surface area contributed by atoms with E-state index in [1.807, 2.05) is 6.07 Å². The maximum absolute atomic E-state index is 12.4. The first-order chi connectivity index (χ1) is 12.2. The van der Waals surface area contributed by atoms with Gasteiger partial charge in [0.05, 0.1) is 7.11 Å². The van der Waals surface area contributed by atoms with Crippen molar-refractivity contribution in [3.8, 4) is 23.3 Å². The molecule has 0 atom stereocenters. The Balaban J connectivity index is 1.78. The number of amides is 1. The number of anilines is 1. The van der Waals surface area contributed by atoms with E-state index in [1.165, 1.54) is 6.08 Å². The van der Waals surface area contributed by atoms with Crippen LogP contribution in [0.3, 0.4) is 0 Å². The molecule has 0 fully saturated rings. The number of hydrogen-bond acceptors (Lipinski definition) is 5. The van der Waals surface area contributed by atoms with E-state index in [-0.39, 0.29) is 5.57 Å². The molecule has 0 radical (unpaired) electrons. The molecule has 0 bridgehead atoms. The van der Waals surface area contributed by atoms with Gasteiger partial charge in [-0.25, -0.2) is 0 Å². The smallest absolute Gasteiger partial charge is 0.266 e. The second-order valence-electron chi connectivity index (χ2n) is 5.26. The molecule has 6 heteroatoms. The Hall–Kier alpha value is -3.46. The largest absolute Gasteiger partial charge is 0.497 e. The summed E-state index contributed by atoms with van der Waals surface area (Å²) >= 11 is 0. The molecule has 2 aromatic rings. The van der Waals surface area contributed by atoms with Crippen LogP contribution in [0.25, 0.3) is 6.08 Å². The minimum Gasteiger partial charge on any atom is -0.497 e. The summed E-state index contributed by atoms with van der Waals surface area (Å²) in [5, 5.41) is 12.0. The minimum atomic E-state index is -0.498. The molecule has 2 aromatic carbocycles. The standard InChI is InChI=1S/C19H16N2O4/c1-23-16-4-2-3-13(10-16)9-14(12-20)19(22)21-15-5-6-17-18(11-15)25-8-7-24-17/h2-6,9-11H,7-8H2,1H3,(H,21,22)/b14-9+. The van der Waals surface area contributed by atoms with Crippen molar-refractivity contribution < 1.29 is 19.0 Å². The average molecular weight is 336 g/mol. The van der Waals surface area contributed by atoms with Gasteiger partial charge in [-0.3, -0.25) is 4.79 Å². The fourth-order valence-corrected chi connectivity index (χ4v) is 2.37. The Morgan fingerprint density at radius 1 is 1.20 bits per heavy atom. The molecule has 25 heavy (non-hydrogen) atoms. The molecule has 0 unspecified atom stereocenters. The molecular formula is C19H16N2O4. The molecule has 1 N–H and O–H groups in total. The third-order valence-corrected chi connectivity index (χ3v) is 3.57. The first kappa shape index (κ1) is 16.4. The summed E-state index contributed by atoms with van der Waals surface area (Å²) in [6.45, 7) is 0.962. The van der Waals surface area contributed by atoms with E-state index in [9.17, 15) is 10.1 Å².